The molecule has 7 atom stereocenters. The highest BCUT2D eigenvalue weighted by Crippen LogP contribution is 2.66. The van der Waals surface area contributed by atoms with E-state index in [4.69, 9.17) is 23.8 Å². The monoisotopic (exact) mass is 492 g/mol. The van der Waals surface area contributed by atoms with Crippen LogP contribution in [0.2, 0.25) is 5.02 Å². The van der Waals surface area contributed by atoms with Crippen LogP contribution in [0.5, 0.6) is 0 Å². The predicted octanol–water partition coefficient (Wildman–Crippen LogP) is 7.35. The summed E-state index contributed by atoms with van der Waals surface area (Å²) in [7, 11) is 0. The van der Waals surface area contributed by atoms with E-state index >= 15 is 0 Å². The van der Waals surface area contributed by atoms with Gasteiger partial charge in [0.25, 0.3) is 0 Å². The summed E-state index contributed by atoms with van der Waals surface area (Å²) in [4.78, 5) is 3.44. The Balaban J connectivity index is 1.46. The standard InChI is InChI=1S/C29H33ClN2OS/c1-28-11-9-19(33)13-17(28)5-8-20-23(28)10-12-29(2)24(20)14-21-25(29)22(15-31)27(34)32-26(21)16-3-6-18(30)7-4-16/h3-4,6-7,17,19-20,23-24,33H,5,8-14H2,1-2H3,(H,32,34)/t17-,19-,20+,23-,24-,28-,29-/m0/s1. The van der Waals surface area contributed by atoms with Crippen LogP contribution >= 0.6 is 23.8 Å². The van der Waals surface area contributed by atoms with Crippen LogP contribution in [0.15, 0.2) is 24.3 Å². The number of fused-ring (bicyclic) bond motifs is 7. The van der Waals surface area contributed by atoms with Gasteiger partial charge in [-0.15, -0.1) is 0 Å². The van der Waals surface area contributed by atoms with Crippen molar-refractivity contribution in [3.63, 3.8) is 0 Å². The first kappa shape index (κ1) is 22.8. The normalized spacial score (nSPS) is 38.3. The van der Waals surface area contributed by atoms with Gasteiger partial charge < -0.3 is 10.1 Å². The van der Waals surface area contributed by atoms with Crippen molar-refractivity contribution >= 4 is 23.8 Å². The number of nitriles is 1. The third-order valence-electron chi connectivity index (χ3n) is 10.6. The molecule has 0 amide bonds. The number of rotatable bonds is 1. The number of H-pyrrole nitrogens is 1. The molecule has 3 fully saturated rings. The third kappa shape index (κ3) is 3.13. The molecule has 0 radical (unpaired) electrons. The summed E-state index contributed by atoms with van der Waals surface area (Å²) < 4.78 is 0.562. The van der Waals surface area contributed by atoms with Crippen LogP contribution in [0, 0.1) is 45.1 Å². The highest BCUT2D eigenvalue weighted by atomic mass is 35.5. The molecular weight excluding hydrogens is 460 g/mol. The fraction of sp³-hybridized carbons (Fsp3) is 0.586. The van der Waals surface area contributed by atoms with Gasteiger partial charge in [-0.25, -0.2) is 0 Å². The number of halogens is 1. The first-order valence-corrected chi connectivity index (χ1v) is 13.7. The number of aliphatic hydroxyl groups is 1. The molecule has 2 N–H and O–H groups in total. The SMILES string of the molecule is C[C@]12CC[C@H](O)C[C@@H]1CC[C@@H]1[C@@H]2CC[C@]2(C)c3c(c(-c4ccc(Cl)cc4)[nH]c(=S)c3C#N)C[C@@H]12. The molecule has 1 aromatic carbocycles. The van der Waals surface area contributed by atoms with Crippen molar-refractivity contribution in [2.24, 2.45) is 29.1 Å². The number of aromatic amines is 1. The van der Waals surface area contributed by atoms with E-state index in [9.17, 15) is 10.4 Å². The lowest BCUT2D eigenvalue weighted by Gasteiger charge is -2.60. The molecule has 0 spiro atoms. The van der Waals surface area contributed by atoms with Gasteiger partial charge in [-0.3, -0.25) is 0 Å². The molecule has 0 unspecified atom stereocenters. The second-order valence-electron chi connectivity index (χ2n) is 11.9. The van der Waals surface area contributed by atoms with Crippen molar-refractivity contribution in [3.05, 3.63) is 50.6 Å². The Labute approximate surface area is 212 Å². The number of hydrogen-bond acceptors (Lipinski definition) is 3. The molecule has 178 valence electrons. The van der Waals surface area contributed by atoms with Crippen molar-refractivity contribution in [1.29, 1.82) is 5.26 Å². The van der Waals surface area contributed by atoms with E-state index < -0.39 is 0 Å². The van der Waals surface area contributed by atoms with Gasteiger partial charge in [0.1, 0.15) is 10.7 Å². The molecule has 1 aromatic heterocycles. The van der Waals surface area contributed by atoms with E-state index in [1.54, 1.807) is 0 Å². The zero-order valence-electron chi connectivity index (χ0n) is 20.0. The molecule has 2 aromatic rings. The third-order valence-corrected chi connectivity index (χ3v) is 11.1. The maximum absolute atomic E-state index is 10.4. The largest absolute Gasteiger partial charge is 0.393 e. The van der Waals surface area contributed by atoms with E-state index in [2.05, 4.69) is 37.0 Å². The minimum Gasteiger partial charge on any atom is -0.393 e. The number of hydrogen-bond donors (Lipinski definition) is 2. The molecule has 3 saturated carbocycles. The zero-order chi connectivity index (χ0) is 23.8. The van der Waals surface area contributed by atoms with Crippen molar-refractivity contribution in [1.82, 2.24) is 4.98 Å². The number of aromatic nitrogens is 1. The first-order chi connectivity index (χ1) is 16.3. The minimum absolute atomic E-state index is 0.0111. The van der Waals surface area contributed by atoms with Gasteiger partial charge in [0, 0.05) is 5.02 Å². The molecule has 0 aliphatic heterocycles. The minimum atomic E-state index is -0.111. The zero-order valence-corrected chi connectivity index (χ0v) is 21.6. The molecule has 34 heavy (non-hydrogen) atoms. The number of benzene rings is 1. The first-order valence-electron chi connectivity index (χ1n) is 12.9. The van der Waals surface area contributed by atoms with E-state index in [0.29, 0.717) is 39.3 Å². The average Bonchev–Trinajstić information content (AvgIpc) is 3.13. The Bertz CT molecular complexity index is 1250. The molecule has 3 nitrogen and oxygen atoms in total. The summed E-state index contributed by atoms with van der Waals surface area (Å²) in [5.74, 6) is 2.56. The number of pyridine rings is 1. The Morgan fingerprint density at radius 3 is 2.59 bits per heavy atom. The fourth-order valence-electron chi connectivity index (χ4n) is 8.91. The molecule has 0 bridgehead atoms. The summed E-state index contributed by atoms with van der Waals surface area (Å²) >= 11 is 11.9. The van der Waals surface area contributed by atoms with Gasteiger partial charge in [0.2, 0.25) is 0 Å². The van der Waals surface area contributed by atoms with Crippen LogP contribution in [-0.4, -0.2) is 16.2 Å². The Morgan fingerprint density at radius 2 is 1.85 bits per heavy atom. The number of nitrogens with zero attached hydrogens (tertiary/aromatic N) is 1. The van der Waals surface area contributed by atoms with Crippen LogP contribution in [0.25, 0.3) is 11.3 Å². The number of aliphatic hydroxyl groups excluding tert-OH is 1. The smallest absolute Gasteiger partial charge is 0.122 e. The molecule has 1 heterocycles. The highest BCUT2D eigenvalue weighted by molar-refractivity contribution is 7.71. The Morgan fingerprint density at radius 1 is 1.09 bits per heavy atom. The van der Waals surface area contributed by atoms with Gasteiger partial charge >= 0.3 is 0 Å². The molecule has 4 aliphatic carbocycles. The van der Waals surface area contributed by atoms with E-state index in [0.717, 1.165) is 48.4 Å². The molecule has 0 saturated heterocycles. The quantitative estimate of drug-likeness (QED) is 0.409. The molecule has 5 heteroatoms. The molecular formula is C29H33ClN2OS. The van der Waals surface area contributed by atoms with Gasteiger partial charge in [-0.2, -0.15) is 5.26 Å². The van der Waals surface area contributed by atoms with Crippen molar-refractivity contribution < 1.29 is 5.11 Å². The summed E-state index contributed by atoms with van der Waals surface area (Å²) in [6.45, 7) is 4.94. The van der Waals surface area contributed by atoms with Crippen LogP contribution in [-0.2, 0) is 11.8 Å². The Hall–Kier alpha value is -1.67. The maximum atomic E-state index is 10.4. The second-order valence-corrected chi connectivity index (χ2v) is 12.8. The van der Waals surface area contributed by atoms with E-state index in [1.807, 2.05) is 12.1 Å². The van der Waals surface area contributed by atoms with Crippen molar-refractivity contribution in [2.75, 3.05) is 0 Å². The van der Waals surface area contributed by atoms with Crippen LogP contribution in [0.4, 0.5) is 0 Å². The lowest BCUT2D eigenvalue weighted by atomic mass is 9.45. The Kier molecular flexibility index (Phi) is 5.30. The summed E-state index contributed by atoms with van der Waals surface area (Å²) in [5, 5.41) is 21.2. The number of nitrogens with one attached hydrogen (secondary N) is 1. The molecule has 4 aliphatic rings. The summed E-state index contributed by atoms with van der Waals surface area (Å²) in [6, 6.07) is 10.5. The molecule has 6 rings (SSSR count). The van der Waals surface area contributed by atoms with Gasteiger partial charge in [-0.1, -0.05) is 49.8 Å². The predicted molar refractivity (Wildman–Crippen MR) is 138 cm³/mol. The van der Waals surface area contributed by atoms with E-state index in [1.165, 1.54) is 30.4 Å². The highest BCUT2D eigenvalue weighted by Gasteiger charge is 2.60. The topological polar surface area (TPSA) is 59.8 Å². The van der Waals surface area contributed by atoms with Crippen molar-refractivity contribution in [2.45, 2.75) is 76.7 Å². The summed E-state index contributed by atoms with van der Waals surface area (Å²) in [5.41, 5.74) is 5.70. The van der Waals surface area contributed by atoms with Crippen molar-refractivity contribution in [3.8, 4) is 17.3 Å². The van der Waals surface area contributed by atoms with Crippen LogP contribution in [0.1, 0.15) is 75.5 Å². The summed E-state index contributed by atoms with van der Waals surface area (Å²) in [6.07, 6.45) is 8.79. The van der Waals surface area contributed by atoms with Crippen LogP contribution < -0.4 is 0 Å². The average molecular weight is 493 g/mol. The second kappa shape index (κ2) is 7.92. The maximum Gasteiger partial charge on any atom is 0.122 e. The van der Waals surface area contributed by atoms with Gasteiger partial charge in [0.15, 0.2) is 0 Å². The lowest BCUT2D eigenvalue weighted by molar-refractivity contribution is -0.111. The van der Waals surface area contributed by atoms with Crippen LogP contribution in [0.3, 0.4) is 0 Å². The van der Waals surface area contributed by atoms with Gasteiger partial charge in [-0.05, 0) is 115 Å². The lowest BCUT2D eigenvalue weighted by Crippen LogP contribution is -2.54. The fourth-order valence-corrected chi connectivity index (χ4v) is 9.28. The van der Waals surface area contributed by atoms with Gasteiger partial charge in [0.05, 0.1) is 17.4 Å². The van der Waals surface area contributed by atoms with E-state index in [-0.39, 0.29) is 11.5 Å².